The first-order valence-corrected chi connectivity index (χ1v) is 16.5. The highest BCUT2D eigenvalue weighted by molar-refractivity contribution is 8.00. The maximum absolute atomic E-state index is 13.8. The van der Waals surface area contributed by atoms with Crippen LogP contribution in [-0.2, 0) is 9.84 Å². The van der Waals surface area contributed by atoms with Crippen molar-refractivity contribution >= 4 is 67.8 Å². The number of nitrogens with zero attached hydrogens (tertiary/aromatic N) is 1. The number of amidine groups is 1. The van der Waals surface area contributed by atoms with Crippen molar-refractivity contribution in [2.45, 2.75) is 20.9 Å². The minimum atomic E-state index is -4.03. The molecule has 0 saturated carbocycles. The molecule has 11 nitrogen and oxygen atoms in total. The van der Waals surface area contributed by atoms with E-state index in [1.165, 1.54) is 30.0 Å². The summed E-state index contributed by atoms with van der Waals surface area (Å²) in [7, 11) is -4.03. The van der Waals surface area contributed by atoms with Gasteiger partial charge in [-0.2, -0.15) is 0 Å². The van der Waals surface area contributed by atoms with E-state index >= 15 is 0 Å². The smallest absolute Gasteiger partial charge is 0.319 e. The predicted octanol–water partition coefficient (Wildman–Crippen LogP) is 4.70. The predicted molar refractivity (Wildman–Crippen MR) is 177 cm³/mol. The number of benzene rings is 3. The Kier molecular flexibility index (Phi) is 9.95. The minimum absolute atomic E-state index is 0.0202. The van der Waals surface area contributed by atoms with Crippen LogP contribution in [0.25, 0.3) is 11.1 Å². The van der Waals surface area contributed by atoms with Gasteiger partial charge < -0.3 is 33.2 Å². The third kappa shape index (κ3) is 7.66. The zero-order valence-corrected chi connectivity index (χ0v) is 25.9. The zero-order chi connectivity index (χ0) is 31.1. The molecule has 1 aromatic heterocycles. The maximum atomic E-state index is 13.8. The molecule has 0 bridgehead atoms. The van der Waals surface area contributed by atoms with Gasteiger partial charge in [0.05, 0.1) is 30.3 Å². The largest absolute Gasteiger partial charge is 0.383 e. The summed E-state index contributed by atoms with van der Waals surface area (Å²) in [6.07, 6.45) is 1.83. The number of thiophene rings is 1. The molecule has 0 saturated heterocycles. The summed E-state index contributed by atoms with van der Waals surface area (Å²) in [6.45, 7) is 2.65. The fourth-order valence-corrected chi connectivity index (χ4v) is 7.85. The summed E-state index contributed by atoms with van der Waals surface area (Å²) >= 11 is 2.53. The number of carbonyl (C=O) groups is 1. The van der Waals surface area contributed by atoms with E-state index in [-0.39, 0.29) is 26.5 Å². The molecule has 14 heteroatoms. The summed E-state index contributed by atoms with van der Waals surface area (Å²) in [5, 5.41) is 16.8. The normalized spacial score (nSPS) is 11.0. The van der Waals surface area contributed by atoms with Crippen LogP contribution >= 0.6 is 23.1 Å². The molecular formula is C29H32N8O3S3. The Morgan fingerprint density at radius 2 is 1.74 bits per heavy atom. The second-order valence-corrected chi connectivity index (χ2v) is 13.4. The van der Waals surface area contributed by atoms with Crippen LogP contribution in [0.1, 0.15) is 10.4 Å². The zero-order valence-electron chi connectivity index (χ0n) is 23.5. The first-order chi connectivity index (χ1) is 20.5. The average Bonchev–Trinajstić information content (AvgIpc) is 3.42. The van der Waals surface area contributed by atoms with E-state index in [2.05, 4.69) is 20.9 Å². The molecule has 2 amide bonds. The molecule has 3 aromatic carbocycles. The van der Waals surface area contributed by atoms with Crippen LogP contribution in [0.3, 0.4) is 0 Å². The topological polar surface area (TPSA) is 202 Å². The standard InChI is InChI=1S/C29H32N8O3S3/c1-17-13-20(36-28(32)33)15-22(37-29(38)35-12-11-34-19-8-4-3-5-9-19)25(17)18-7-6-10-21(14-18)43(39,40)23-16-24(41-2)42-26(23)27(30)31/h3-10,13-16,34H,11-12H2,1-2H3,(H3,30,31)(H4,32,33,36)(H2,35,37,38). The van der Waals surface area contributed by atoms with Crippen LogP contribution in [0.5, 0.6) is 0 Å². The molecule has 0 unspecified atom stereocenters. The van der Waals surface area contributed by atoms with Crippen LogP contribution in [0.4, 0.5) is 21.9 Å². The number of aryl methyl sites for hydroxylation is 1. The Labute approximate surface area is 258 Å². The first-order valence-electron chi connectivity index (χ1n) is 13.0. The molecule has 0 aliphatic rings. The van der Waals surface area contributed by atoms with Crippen LogP contribution in [0.2, 0.25) is 0 Å². The van der Waals surface area contributed by atoms with E-state index in [9.17, 15) is 13.2 Å². The number of amides is 2. The van der Waals surface area contributed by atoms with Crippen LogP contribution in [0.15, 0.2) is 91.8 Å². The quantitative estimate of drug-likeness (QED) is 0.0531. The van der Waals surface area contributed by atoms with Gasteiger partial charge >= 0.3 is 6.03 Å². The first kappa shape index (κ1) is 31.4. The van der Waals surface area contributed by atoms with Gasteiger partial charge in [-0.25, -0.2) is 18.2 Å². The van der Waals surface area contributed by atoms with Crippen molar-refractivity contribution in [3.8, 4) is 11.1 Å². The van der Waals surface area contributed by atoms with E-state index in [0.717, 1.165) is 21.2 Å². The molecule has 0 aliphatic carbocycles. The van der Waals surface area contributed by atoms with Gasteiger partial charge in [-0.15, -0.1) is 23.1 Å². The third-order valence-corrected chi connectivity index (χ3v) is 10.3. The number of hydrogen-bond donors (Lipinski definition) is 7. The molecule has 0 fully saturated rings. The van der Waals surface area contributed by atoms with E-state index < -0.39 is 15.9 Å². The van der Waals surface area contributed by atoms with Crippen molar-refractivity contribution in [1.82, 2.24) is 5.32 Å². The highest BCUT2D eigenvalue weighted by Crippen LogP contribution is 2.39. The van der Waals surface area contributed by atoms with E-state index in [0.29, 0.717) is 41.2 Å². The van der Waals surface area contributed by atoms with Gasteiger partial charge in [-0.05, 0) is 66.8 Å². The van der Waals surface area contributed by atoms with Crippen molar-refractivity contribution in [2.24, 2.45) is 22.2 Å². The van der Waals surface area contributed by atoms with Gasteiger partial charge in [0.2, 0.25) is 9.84 Å². The lowest BCUT2D eigenvalue weighted by Gasteiger charge is -2.17. The molecule has 43 heavy (non-hydrogen) atoms. The molecule has 0 aliphatic heterocycles. The van der Waals surface area contributed by atoms with Crippen molar-refractivity contribution in [2.75, 3.05) is 30.0 Å². The lowest BCUT2D eigenvalue weighted by Crippen LogP contribution is -2.32. The molecule has 0 spiro atoms. The number of urea groups is 1. The fraction of sp³-hybridized carbons (Fsp3) is 0.138. The number of nitrogens with two attached hydrogens (primary N) is 3. The van der Waals surface area contributed by atoms with Crippen molar-refractivity contribution in [3.05, 3.63) is 83.2 Å². The monoisotopic (exact) mass is 636 g/mol. The SMILES string of the molecule is CSc1cc(S(=O)(=O)c2cccc(-c3c(C)cc(N=C(N)N)cc3NC(=O)NCCNc3ccccc3)c2)c(C(=N)N)s1. The Hall–Kier alpha value is -4.53. The number of para-hydroxylation sites is 1. The number of carbonyl (C=O) groups excluding carboxylic acids is 1. The highest BCUT2D eigenvalue weighted by atomic mass is 32.2. The van der Waals surface area contributed by atoms with E-state index in [1.54, 1.807) is 24.3 Å². The number of thioether (sulfide) groups is 1. The number of anilines is 2. The molecule has 1 heterocycles. The van der Waals surface area contributed by atoms with Gasteiger partial charge in [0.15, 0.2) is 5.96 Å². The Balaban J connectivity index is 1.67. The van der Waals surface area contributed by atoms with E-state index in [1.807, 2.05) is 43.5 Å². The summed E-state index contributed by atoms with van der Waals surface area (Å²) in [5.74, 6) is -0.466. The molecule has 0 radical (unpaired) electrons. The summed E-state index contributed by atoms with van der Waals surface area (Å²) in [4.78, 5) is 17.2. The number of rotatable bonds is 11. The molecular weight excluding hydrogens is 605 g/mol. The second kappa shape index (κ2) is 13.6. The fourth-order valence-electron chi connectivity index (χ4n) is 4.36. The summed E-state index contributed by atoms with van der Waals surface area (Å²) in [6, 6.07) is 20.4. The van der Waals surface area contributed by atoms with Crippen molar-refractivity contribution in [1.29, 1.82) is 5.41 Å². The van der Waals surface area contributed by atoms with Gasteiger partial charge in [0.25, 0.3) is 0 Å². The van der Waals surface area contributed by atoms with E-state index in [4.69, 9.17) is 22.6 Å². The number of hydrogen-bond acceptors (Lipinski definition) is 8. The average molecular weight is 637 g/mol. The molecule has 4 rings (SSSR count). The van der Waals surface area contributed by atoms with Gasteiger partial charge in [-0.3, -0.25) is 5.41 Å². The lowest BCUT2D eigenvalue weighted by atomic mass is 9.97. The number of aliphatic imine (C=N–C) groups is 1. The van der Waals surface area contributed by atoms with Gasteiger partial charge in [-0.1, -0.05) is 30.3 Å². The Morgan fingerprint density at radius 1 is 1.00 bits per heavy atom. The van der Waals surface area contributed by atoms with Crippen LogP contribution in [0, 0.1) is 12.3 Å². The summed E-state index contributed by atoms with van der Waals surface area (Å²) in [5.41, 5.74) is 20.5. The Morgan fingerprint density at radius 3 is 2.42 bits per heavy atom. The van der Waals surface area contributed by atoms with Crippen LogP contribution in [-0.4, -0.2) is 45.6 Å². The molecule has 4 aromatic rings. The molecule has 224 valence electrons. The number of sulfone groups is 1. The van der Waals surface area contributed by atoms with Gasteiger partial charge in [0.1, 0.15) is 5.84 Å². The van der Waals surface area contributed by atoms with Crippen molar-refractivity contribution in [3.63, 3.8) is 0 Å². The van der Waals surface area contributed by atoms with Crippen LogP contribution < -0.4 is 33.2 Å². The molecule has 0 atom stereocenters. The second-order valence-electron chi connectivity index (χ2n) is 9.30. The lowest BCUT2D eigenvalue weighted by molar-refractivity contribution is 0.252. The third-order valence-electron chi connectivity index (χ3n) is 6.18. The van der Waals surface area contributed by atoms with Gasteiger partial charge in [0, 0.05) is 24.3 Å². The maximum Gasteiger partial charge on any atom is 0.319 e. The number of nitrogen functional groups attached to an aromatic ring is 1. The number of nitrogens with one attached hydrogen (secondary N) is 4. The summed E-state index contributed by atoms with van der Waals surface area (Å²) < 4.78 is 28.2. The number of guanidine groups is 1. The highest BCUT2D eigenvalue weighted by Gasteiger charge is 2.26. The minimum Gasteiger partial charge on any atom is -0.383 e. The van der Waals surface area contributed by atoms with Crippen molar-refractivity contribution < 1.29 is 13.2 Å². The molecule has 10 N–H and O–H groups in total. The Bertz CT molecular complexity index is 1780.